The summed E-state index contributed by atoms with van der Waals surface area (Å²) in [5.41, 5.74) is 0.605. The summed E-state index contributed by atoms with van der Waals surface area (Å²) in [6.45, 7) is 6.21. The SMILES string of the molecule is CC(C)c1cccc(OC2CCCC2(C)O)c1. The Bertz CT molecular complexity index is 382. The van der Waals surface area contributed by atoms with Crippen LogP contribution in [0.1, 0.15) is 51.5 Å². The number of benzene rings is 1. The van der Waals surface area contributed by atoms with Gasteiger partial charge < -0.3 is 9.84 Å². The Balaban J connectivity index is 2.11. The molecule has 0 spiro atoms. The minimum absolute atomic E-state index is 0.0649. The van der Waals surface area contributed by atoms with E-state index in [1.807, 2.05) is 19.1 Å². The summed E-state index contributed by atoms with van der Waals surface area (Å²) >= 11 is 0. The summed E-state index contributed by atoms with van der Waals surface area (Å²) in [7, 11) is 0. The predicted molar refractivity (Wildman–Crippen MR) is 69.4 cm³/mol. The van der Waals surface area contributed by atoms with E-state index in [9.17, 15) is 5.11 Å². The zero-order chi connectivity index (χ0) is 12.5. The highest BCUT2D eigenvalue weighted by Gasteiger charge is 2.38. The quantitative estimate of drug-likeness (QED) is 0.867. The normalized spacial score (nSPS) is 28.6. The maximum atomic E-state index is 10.2. The number of ether oxygens (including phenoxy) is 1. The van der Waals surface area contributed by atoms with E-state index < -0.39 is 5.60 Å². The minimum atomic E-state index is -0.673. The standard InChI is InChI=1S/C15H22O2/c1-11(2)12-6-4-7-13(10-12)17-14-8-5-9-15(14,3)16/h4,6-7,10-11,14,16H,5,8-9H2,1-3H3. The Kier molecular flexibility index (Phi) is 3.43. The van der Waals surface area contributed by atoms with Gasteiger partial charge in [-0.2, -0.15) is 0 Å². The van der Waals surface area contributed by atoms with Crippen molar-refractivity contribution in [3.8, 4) is 5.75 Å². The second-order valence-corrected chi connectivity index (χ2v) is 5.58. The fraction of sp³-hybridized carbons (Fsp3) is 0.600. The van der Waals surface area contributed by atoms with Gasteiger partial charge >= 0.3 is 0 Å². The van der Waals surface area contributed by atoms with Gasteiger partial charge in [0.1, 0.15) is 11.9 Å². The summed E-state index contributed by atoms with van der Waals surface area (Å²) in [5.74, 6) is 1.38. The number of hydrogen-bond acceptors (Lipinski definition) is 2. The van der Waals surface area contributed by atoms with Crippen LogP contribution in [0.25, 0.3) is 0 Å². The molecule has 0 bridgehead atoms. The summed E-state index contributed by atoms with van der Waals surface area (Å²) in [5, 5.41) is 10.2. The van der Waals surface area contributed by atoms with Gasteiger partial charge in [-0.25, -0.2) is 0 Å². The van der Waals surface area contributed by atoms with Gasteiger partial charge in [0.25, 0.3) is 0 Å². The number of rotatable bonds is 3. The summed E-state index contributed by atoms with van der Waals surface area (Å²) in [6.07, 6.45) is 2.76. The largest absolute Gasteiger partial charge is 0.487 e. The third kappa shape index (κ3) is 2.81. The molecule has 0 amide bonds. The third-order valence-corrected chi connectivity index (χ3v) is 3.65. The van der Waals surface area contributed by atoms with E-state index in [0.717, 1.165) is 25.0 Å². The van der Waals surface area contributed by atoms with Crippen LogP contribution >= 0.6 is 0 Å². The van der Waals surface area contributed by atoms with Crippen molar-refractivity contribution in [1.82, 2.24) is 0 Å². The molecule has 1 aromatic rings. The van der Waals surface area contributed by atoms with Gasteiger partial charge in [-0.3, -0.25) is 0 Å². The molecule has 0 radical (unpaired) electrons. The number of hydrogen-bond donors (Lipinski definition) is 1. The summed E-state index contributed by atoms with van der Waals surface area (Å²) < 4.78 is 5.93. The zero-order valence-corrected chi connectivity index (χ0v) is 10.9. The molecule has 1 N–H and O–H groups in total. The van der Waals surface area contributed by atoms with Crippen molar-refractivity contribution >= 4 is 0 Å². The van der Waals surface area contributed by atoms with Crippen LogP contribution in [-0.4, -0.2) is 16.8 Å². The molecule has 2 unspecified atom stereocenters. The van der Waals surface area contributed by atoms with E-state index >= 15 is 0 Å². The summed E-state index contributed by atoms with van der Waals surface area (Å²) in [6, 6.07) is 8.19. The molecule has 1 saturated carbocycles. The van der Waals surface area contributed by atoms with Crippen molar-refractivity contribution < 1.29 is 9.84 Å². The molecule has 1 aliphatic rings. The molecule has 2 heteroatoms. The molecule has 0 aliphatic heterocycles. The first-order valence-corrected chi connectivity index (χ1v) is 6.48. The van der Waals surface area contributed by atoms with Gasteiger partial charge in [0, 0.05) is 0 Å². The monoisotopic (exact) mass is 234 g/mol. The maximum absolute atomic E-state index is 10.2. The second kappa shape index (κ2) is 4.69. The zero-order valence-electron chi connectivity index (χ0n) is 10.9. The highest BCUT2D eigenvalue weighted by molar-refractivity contribution is 5.30. The van der Waals surface area contributed by atoms with Crippen LogP contribution in [-0.2, 0) is 0 Å². The van der Waals surface area contributed by atoms with Crippen LogP contribution in [0.3, 0.4) is 0 Å². The molecule has 2 nitrogen and oxygen atoms in total. The average Bonchev–Trinajstić information content (AvgIpc) is 2.59. The molecular formula is C15H22O2. The Morgan fingerprint density at radius 3 is 2.76 bits per heavy atom. The first kappa shape index (κ1) is 12.4. The van der Waals surface area contributed by atoms with Crippen molar-refractivity contribution in [3.63, 3.8) is 0 Å². The van der Waals surface area contributed by atoms with Crippen molar-refractivity contribution in [2.45, 2.75) is 57.7 Å². The van der Waals surface area contributed by atoms with E-state index in [1.54, 1.807) is 0 Å². The Morgan fingerprint density at radius 2 is 2.18 bits per heavy atom. The van der Waals surface area contributed by atoms with Gasteiger partial charge in [0.2, 0.25) is 0 Å². The first-order chi connectivity index (χ1) is 7.99. The Morgan fingerprint density at radius 1 is 1.41 bits per heavy atom. The van der Waals surface area contributed by atoms with E-state index in [1.165, 1.54) is 5.56 Å². The Labute approximate surface area is 104 Å². The molecule has 1 fully saturated rings. The smallest absolute Gasteiger partial charge is 0.127 e. The van der Waals surface area contributed by atoms with Gasteiger partial charge in [-0.1, -0.05) is 26.0 Å². The molecule has 0 saturated heterocycles. The van der Waals surface area contributed by atoms with E-state index in [0.29, 0.717) is 5.92 Å². The van der Waals surface area contributed by atoms with Crippen LogP contribution in [0, 0.1) is 0 Å². The van der Waals surface area contributed by atoms with Gasteiger partial charge in [-0.05, 0) is 49.8 Å². The van der Waals surface area contributed by atoms with Crippen LogP contribution in [0.15, 0.2) is 24.3 Å². The predicted octanol–water partition coefficient (Wildman–Crippen LogP) is 3.49. The third-order valence-electron chi connectivity index (χ3n) is 3.65. The number of aliphatic hydroxyl groups is 1. The molecule has 2 rings (SSSR count). The lowest BCUT2D eigenvalue weighted by atomic mass is 10.0. The lowest BCUT2D eigenvalue weighted by Crippen LogP contribution is -2.37. The molecule has 1 aromatic carbocycles. The van der Waals surface area contributed by atoms with E-state index in [4.69, 9.17) is 4.74 Å². The van der Waals surface area contributed by atoms with Crippen molar-refractivity contribution in [2.24, 2.45) is 0 Å². The van der Waals surface area contributed by atoms with Crippen LogP contribution in [0.2, 0.25) is 0 Å². The topological polar surface area (TPSA) is 29.5 Å². The van der Waals surface area contributed by atoms with E-state index in [-0.39, 0.29) is 6.10 Å². The lowest BCUT2D eigenvalue weighted by Gasteiger charge is -2.26. The lowest BCUT2D eigenvalue weighted by molar-refractivity contribution is -0.0252. The van der Waals surface area contributed by atoms with Gasteiger partial charge in [0.15, 0.2) is 0 Å². The maximum Gasteiger partial charge on any atom is 0.127 e. The minimum Gasteiger partial charge on any atom is -0.487 e. The molecule has 2 atom stereocenters. The first-order valence-electron chi connectivity index (χ1n) is 6.48. The fourth-order valence-corrected chi connectivity index (χ4v) is 2.41. The van der Waals surface area contributed by atoms with Crippen molar-refractivity contribution in [1.29, 1.82) is 0 Å². The van der Waals surface area contributed by atoms with Crippen molar-refractivity contribution in [2.75, 3.05) is 0 Å². The Hall–Kier alpha value is -1.02. The average molecular weight is 234 g/mol. The highest BCUT2D eigenvalue weighted by Crippen LogP contribution is 2.33. The van der Waals surface area contributed by atoms with Gasteiger partial charge in [0.05, 0.1) is 5.60 Å². The molecule has 17 heavy (non-hydrogen) atoms. The molecular weight excluding hydrogens is 212 g/mol. The van der Waals surface area contributed by atoms with Crippen LogP contribution in [0.4, 0.5) is 0 Å². The van der Waals surface area contributed by atoms with Crippen molar-refractivity contribution in [3.05, 3.63) is 29.8 Å². The van der Waals surface area contributed by atoms with Gasteiger partial charge in [-0.15, -0.1) is 0 Å². The highest BCUT2D eigenvalue weighted by atomic mass is 16.5. The fourth-order valence-electron chi connectivity index (χ4n) is 2.41. The molecule has 1 aliphatic carbocycles. The summed E-state index contributed by atoms with van der Waals surface area (Å²) in [4.78, 5) is 0. The molecule has 0 heterocycles. The van der Waals surface area contributed by atoms with Crippen LogP contribution in [0.5, 0.6) is 5.75 Å². The molecule has 94 valence electrons. The van der Waals surface area contributed by atoms with E-state index in [2.05, 4.69) is 26.0 Å². The second-order valence-electron chi connectivity index (χ2n) is 5.58. The van der Waals surface area contributed by atoms with Crippen LogP contribution < -0.4 is 4.74 Å². The molecule has 0 aromatic heterocycles.